The number of benzene rings is 1. The van der Waals surface area contributed by atoms with Gasteiger partial charge >= 0.3 is 5.97 Å². The summed E-state index contributed by atoms with van der Waals surface area (Å²) in [4.78, 5) is 10.4. The third-order valence-electron chi connectivity index (χ3n) is 1.68. The van der Waals surface area contributed by atoms with Gasteiger partial charge in [-0.2, -0.15) is 5.26 Å². The van der Waals surface area contributed by atoms with E-state index in [-0.39, 0.29) is 22.7 Å². The second-order valence-electron chi connectivity index (χ2n) is 2.71. The van der Waals surface area contributed by atoms with Crippen LogP contribution in [0.3, 0.4) is 0 Å². The van der Waals surface area contributed by atoms with Crippen molar-refractivity contribution in [2.45, 2.75) is 6.42 Å². The van der Waals surface area contributed by atoms with Crippen molar-refractivity contribution in [2.24, 2.45) is 0 Å². The molecule has 1 rings (SSSR count). The number of carboxylic acid groups (broad SMARTS) is 1. The monoisotopic (exact) mass is 210 g/mol. The Balaban J connectivity index is 3.16. The molecule has 3 N–H and O–H groups in total. The van der Waals surface area contributed by atoms with Gasteiger partial charge in [-0.25, -0.2) is 0 Å². The van der Waals surface area contributed by atoms with Gasteiger partial charge in [-0.05, 0) is 17.7 Å². The van der Waals surface area contributed by atoms with Crippen LogP contribution >= 0.6 is 11.6 Å². The van der Waals surface area contributed by atoms with Gasteiger partial charge in [0, 0.05) is 10.7 Å². The Hall–Kier alpha value is -1.73. The van der Waals surface area contributed by atoms with Crippen molar-refractivity contribution in [3.05, 3.63) is 28.3 Å². The lowest BCUT2D eigenvalue weighted by Gasteiger charge is -2.04. The molecule has 0 aliphatic heterocycles. The topological polar surface area (TPSA) is 87.1 Å². The molecule has 0 saturated carbocycles. The van der Waals surface area contributed by atoms with Crippen LogP contribution in [0, 0.1) is 11.3 Å². The summed E-state index contributed by atoms with van der Waals surface area (Å²) in [6.45, 7) is 0. The molecule has 0 heterocycles. The molecule has 0 spiro atoms. The number of nitriles is 1. The third kappa shape index (κ3) is 2.15. The number of carboxylic acids is 1. The number of carbonyl (C=O) groups is 1. The number of rotatable bonds is 2. The van der Waals surface area contributed by atoms with Crippen molar-refractivity contribution in [2.75, 3.05) is 5.73 Å². The Kier molecular flexibility index (Phi) is 2.95. The third-order valence-corrected chi connectivity index (χ3v) is 2.03. The summed E-state index contributed by atoms with van der Waals surface area (Å²) < 4.78 is 0. The van der Waals surface area contributed by atoms with Crippen LogP contribution in [-0.2, 0) is 11.2 Å². The van der Waals surface area contributed by atoms with Crippen LogP contribution in [0.5, 0.6) is 0 Å². The Labute approximate surface area is 85.5 Å². The average molecular weight is 211 g/mol. The maximum absolute atomic E-state index is 10.4. The predicted octanol–water partition coefficient (Wildman–Crippen LogP) is 1.42. The van der Waals surface area contributed by atoms with E-state index < -0.39 is 5.97 Å². The zero-order valence-corrected chi connectivity index (χ0v) is 7.88. The zero-order chi connectivity index (χ0) is 10.7. The number of nitrogen functional groups attached to an aromatic ring is 1. The maximum atomic E-state index is 10.4. The van der Waals surface area contributed by atoms with Gasteiger partial charge in [-0.1, -0.05) is 11.6 Å². The van der Waals surface area contributed by atoms with Gasteiger partial charge in [0.25, 0.3) is 0 Å². The van der Waals surface area contributed by atoms with Crippen LogP contribution in [0.1, 0.15) is 11.1 Å². The number of anilines is 1. The van der Waals surface area contributed by atoms with Crippen molar-refractivity contribution in [1.82, 2.24) is 0 Å². The molecule has 14 heavy (non-hydrogen) atoms. The highest BCUT2D eigenvalue weighted by molar-refractivity contribution is 6.31. The maximum Gasteiger partial charge on any atom is 0.307 e. The average Bonchev–Trinajstić information content (AvgIpc) is 2.10. The summed E-state index contributed by atoms with van der Waals surface area (Å²) in [7, 11) is 0. The summed E-state index contributed by atoms with van der Waals surface area (Å²) in [6.07, 6.45) is -0.200. The van der Waals surface area contributed by atoms with E-state index in [1.165, 1.54) is 12.1 Å². The van der Waals surface area contributed by atoms with Gasteiger partial charge in [0.15, 0.2) is 0 Å². The molecule has 0 atom stereocenters. The fourth-order valence-corrected chi connectivity index (χ4v) is 1.26. The molecule has 72 valence electrons. The minimum atomic E-state index is -0.990. The minimum Gasteiger partial charge on any atom is -0.481 e. The zero-order valence-electron chi connectivity index (χ0n) is 7.12. The normalized spacial score (nSPS) is 9.43. The Morgan fingerprint density at radius 2 is 2.29 bits per heavy atom. The van der Waals surface area contributed by atoms with E-state index in [2.05, 4.69) is 0 Å². The lowest BCUT2D eigenvalue weighted by atomic mass is 10.1. The van der Waals surface area contributed by atoms with Gasteiger partial charge < -0.3 is 10.8 Å². The largest absolute Gasteiger partial charge is 0.481 e. The van der Waals surface area contributed by atoms with Crippen LogP contribution in [0.4, 0.5) is 5.69 Å². The molecule has 0 aromatic heterocycles. The molecule has 0 aliphatic rings. The number of aliphatic carboxylic acids is 1. The quantitative estimate of drug-likeness (QED) is 0.723. The first-order chi connectivity index (χ1) is 6.54. The van der Waals surface area contributed by atoms with Crippen molar-refractivity contribution in [3.8, 4) is 6.07 Å². The Bertz CT molecular complexity index is 424. The molecule has 0 radical (unpaired) electrons. The SMILES string of the molecule is N#Cc1cc(Cl)c(CC(=O)O)cc1N. The minimum absolute atomic E-state index is 0.200. The molecule has 1 aromatic carbocycles. The molecule has 4 nitrogen and oxygen atoms in total. The molecule has 0 aliphatic carbocycles. The predicted molar refractivity (Wildman–Crippen MR) is 51.9 cm³/mol. The van der Waals surface area contributed by atoms with Crippen LogP contribution in [0.2, 0.25) is 5.02 Å². The molecule has 0 unspecified atom stereocenters. The van der Waals surface area contributed by atoms with E-state index in [9.17, 15) is 4.79 Å². The summed E-state index contributed by atoms with van der Waals surface area (Å²) in [5.74, 6) is -0.990. The molecule has 0 saturated heterocycles. The highest BCUT2D eigenvalue weighted by Gasteiger charge is 2.09. The number of hydrogen-bond donors (Lipinski definition) is 2. The second-order valence-corrected chi connectivity index (χ2v) is 3.12. The van der Waals surface area contributed by atoms with Gasteiger partial charge in [0.2, 0.25) is 0 Å². The molecule has 0 bridgehead atoms. The lowest BCUT2D eigenvalue weighted by Crippen LogP contribution is -2.02. The van der Waals surface area contributed by atoms with Crippen molar-refractivity contribution >= 4 is 23.3 Å². The van der Waals surface area contributed by atoms with E-state index in [1.54, 1.807) is 0 Å². The summed E-state index contributed by atoms with van der Waals surface area (Å²) in [5, 5.41) is 17.4. The van der Waals surface area contributed by atoms with Crippen molar-refractivity contribution < 1.29 is 9.90 Å². The van der Waals surface area contributed by atoms with Crippen LogP contribution < -0.4 is 5.73 Å². The van der Waals surface area contributed by atoms with E-state index >= 15 is 0 Å². The number of nitrogens with zero attached hydrogens (tertiary/aromatic N) is 1. The van der Waals surface area contributed by atoms with Crippen LogP contribution in [0.25, 0.3) is 0 Å². The molecule has 0 amide bonds. The number of halogens is 1. The second kappa shape index (κ2) is 3.99. The molecular weight excluding hydrogens is 204 g/mol. The van der Waals surface area contributed by atoms with Crippen LogP contribution in [-0.4, -0.2) is 11.1 Å². The van der Waals surface area contributed by atoms with Crippen molar-refractivity contribution in [1.29, 1.82) is 5.26 Å². The fraction of sp³-hybridized carbons (Fsp3) is 0.111. The molecule has 0 fully saturated rings. The van der Waals surface area contributed by atoms with Crippen LogP contribution in [0.15, 0.2) is 12.1 Å². The fourth-order valence-electron chi connectivity index (χ4n) is 1.03. The molecular formula is C9H7ClN2O2. The van der Waals surface area contributed by atoms with Crippen molar-refractivity contribution in [3.63, 3.8) is 0 Å². The van der Waals surface area contributed by atoms with E-state index in [0.717, 1.165) is 0 Å². The lowest BCUT2D eigenvalue weighted by molar-refractivity contribution is -0.136. The van der Waals surface area contributed by atoms with E-state index in [4.69, 9.17) is 27.7 Å². The summed E-state index contributed by atoms with van der Waals surface area (Å²) >= 11 is 5.75. The van der Waals surface area contributed by atoms with E-state index in [1.807, 2.05) is 6.07 Å². The smallest absolute Gasteiger partial charge is 0.307 e. The first-order valence-corrected chi connectivity index (χ1v) is 4.12. The molecule has 1 aromatic rings. The highest BCUT2D eigenvalue weighted by Crippen LogP contribution is 2.23. The first-order valence-electron chi connectivity index (χ1n) is 3.74. The first kappa shape index (κ1) is 10.4. The van der Waals surface area contributed by atoms with Gasteiger partial charge in [-0.15, -0.1) is 0 Å². The van der Waals surface area contributed by atoms with Gasteiger partial charge in [0.05, 0.1) is 12.0 Å². The number of hydrogen-bond acceptors (Lipinski definition) is 3. The molecule has 5 heteroatoms. The Morgan fingerprint density at radius 1 is 1.64 bits per heavy atom. The Morgan fingerprint density at radius 3 is 2.79 bits per heavy atom. The number of nitrogens with two attached hydrogens (primary N) is 1. The van der Waals surface area contributed by atoms with E-state index in [0.29, 0.717) is 5.56 Å². The summed E-state index contributed by atoms with van der Waals surface area (Å²) in [5.41, 5.74) is 6.41. The summed E-state index contributed by atoms with van der Waals surface area (Å²) in [6, 6.07) is 4.64. The van der Waals surface area contributed by atoms with Gasteiger partial charge in [0.1, 0.15) is 6.07 Å². The standard InChI is InChI=1S/C9H7ClN2O2/c10-7-1-6(4-11)8(12)2-5(7)3-9(13)14/h1-2H,3,12H2,(H,13,14). The van der Waals surface area contributed by atoms with Gasteiger partial charge in [-0.3, -0.25) is 4.79 Å². The highest BCUT2D eigenvalue weighted by atomic mass is 35.5.